The Kier molecular flexibility index (Phi) is 8.90. The summed E-state index contributed by atoms with van der Waals surface area (Å²) in [5.41, 5.74) is 15.1. The first-order chi connectivity index (χ1) is 22.2. The Bertz CT molecular complexity index is 1980. The van der Waals surface area contributed by atoms with Crippen molar-refractivity contribution in [3.05, 3.63) is 58.8 Å². The Morgan fingerprint density at radius 3 is 2.00 bits per heavy atom. The third-order valence-corrected chi connectivity index (χ3v) is 9.21. The lowest BCUT2D eigenvalue weighted by atomic mass is 10.2. The van der Waals surface area contributed by atoms with Gasteiger partial charge in [0.15, 0.2) is 21.3 Å². The largest absolute Gasteiger partial charge is 0.396 e. The molecule has 6 aromatic rings. The molecular formula is C30H34N12O2S2. The maximum atomic E-state index is 12.7. The van der Waals surface area contributed by atoms with Gasteiger partial charge in [0.05, 0.1) is 22.5 Å². The Balaban J connectivity index is 0.000000162. The first-order valence-electron chi connectivity index (χ1n) is 14.9. The summed E-state index contributed by atoms with van der Waals surface area (Å²) in [4.78, 5) is 46.0. The van der Waals surface area contributed by atoms with Crippen LogP contribution in [0.1, 0.15) is 60.2 Å². The Morgan fingerprint density at radius 2 is 1.50 bits per heavy atom. The monoisotopic (exact) mass is 658 g/mol. The summed E-state index contributed by atoms with van der Waals surface area (Å²) in [6.07, 6.45) is 10.9. The number of likely N-dealkylation sites (tertiary alicyclic amines) is 1. The number of nitrogens with zero attached hydrogens (tertiary/aromatic N) is 10. The molecule has 0 aliphatic carbocycles. The SMILES string of the molecule is CC1CCCN1C(=O)c1cc(N)c2nc(-c3nccs3)nn2c1.CCCCN(C)C(=O)c1cc(N)c2nc(-c3nccs3)nn2c1. The molecule has 1 saturated heterocycles. The van der Waals surface area contributed by atoms with Crippen molar-refractivity contribution in [2.24, 2.45) is 0 Å². The molecule has 1 aliphatic rings. The van der Waals surface area contributed by atoms with Crippen molar-refractivity contribution < 1.29 is 9.59 Å². The third-order valence-electron chi connectivity index (χ3n) is 7.67. The van der Waals surface area contributed by atoms with Crippen molar-refractivity contribution in [3.63, 3.8) is 0 Å². The van der Waals surface area contributed by atoms with E-state index in [0.29, 0.717) is 45.4 Å². The Labute approximate surface area is 272 Å². The second-order valence-electron chi connectivity index (χ2n) is 11.0. The van der Waals surface area contributed by atoms with Crippen LogP contribution in [0.2, 0.25) is 0 Å². The molecule has 1 atom stereocenters. The lowest BCUT2D eigenvalue weighted by molar-refractivity contribution is 0.0745. The number of amides is 2. The number of nitrogen functional groups attached to an aromatic ring is 2. The van der Waals surface area contributed by atoms with Crippen molar-refractivity contribution in [2.75, 3.05) is 31.6 Å². The van der Waals surface area contributed by atoms with Gasteiger partial charge in [-0.3, -0.25) is 9.59 Å². The molecule has 7 heterocycles. The van der Waals surface area contributed by atoms with Gasteiger partial charge in [0, 0.05) is 61.7 Å². The number of pyridine rings is 2. The summed E-state index contributed by atoms with van der Waals surface area (Å²) in [6.45, 7) is 5.68. The topological polar surface area (TPSA) is 179 Å². The van der Waals surface area contributed by atoms with Gasteiger partial charge in [-0.15, -0.1) is 32.9 Å². The number of anilines is 2. The molecule has 238 valence electrons. The highest BCUT2D eigenvalue weighted by molar-refractivity contribution is 7.13. The van der Waals surface area contributed by atoms with E-state index >= 15 is 0 Å². The quantitative estimate of drug-likeness (QED) is 0.250. The maximum absolute atomic E-state index is 12.7. The van der Waals surface area contributed by atoms with Gasteiger partial charge in [0.2, 0.25) is 11.6 Å². The number of hydrogen-bond donors (Lipinski definition) is 2. The molecule has 14 nitrogen and oxygen atoms in total. The summed E-state index contributed by atoms with van der Waals surface area (Å²) in [5, 5.41) is 14.0. The molecule has 16 heteroatoms. The van der Waals surface area contributed by atoms with Gasteiger partial charge in [-0.2, -0.15) is 0 Å². The normalized spacial score (nSPS) is 14.5. The van der Waals surface area contributed by atoms with E-state index in [4.69, 9.17) is 11.5 Å². The fourth-order valence-corrected chi connectivity index (χ4v) is 6.35. The maximum Gasteiger partial charge on any atom is 0.255 e. The predicted octanol–water partition coefficient (Wildman–Crippen LogP) is 4.37. The van der Waals surface area contributed by atoms with E-state index in [1.165, 1.54) is 22.7 Å². The zero-order chi connectivity index (χ0) is 32.4. The summed E-state index contributed by atoms with van der Waals surface area (Å²) in [7, 11) is 1.79. The van der Waals surface area contributed by atoms with Crippen molar-refractivity contribution in [3.8, 4) is 21.7 Å². The minimum atomic E-state index is -0.0710. The van der Waals surface area contributed by atoms with Crippen molar-refractivity contribution in [1.29, 1.82) is 0 Å². The second kappa shape index (κ2) is 13.2. The van der Waals surface area contributed by atoms with Crippen molar-refractivity contribution in [1.82, 2.24) is 49.0 Å². The molecule has 1 unspecified atom stereocenters. The van der Waals surface area contributed by atoms with Gasteiger partial charge >= 0.3 is 0 Å². The first-order valence-corrected chi connectivity index (χ1v) is 16.7. The highest BCUT2D eigenvalue weighted by Gasteiger charge is 2.27. The van der Waals surface area contributed by atoms with Crippen LogP contribution in [0.15, 0.2) is 47.7 Å². The Hall–Kier alpha value is -4.96. The molecule has 6 aromatic heterocycles. The number of aromatic nitrogens is 8. The zero-order valence-corrected chi connectivity index (χ0v) is 27.3. The average Bonchev–Trinajstić information content (AvgIpc) is 3.88. The van der Waals surface area contributed by atoms with Crippen LogP contribution in [0.25, 0.3) is 33.0 Å². The van der Waals surface area contributed by atoms with Gasteiger partial charge in [-0.1, -0.05) is 13.3 Å². The minimum absolute atomic E-state index is 0.00472. The average molecular weight is 659 g/mol. The molecule has 4 N–H and O–H groups in total. The van der Waals surface area contributed by atoms with E-state index in [9.17, 15) is 9.59 Å². The van der Waals surface area contributed by atoms with E-state index in [0.717, 1.165) is 48.8 Å². The number of carbonyl (C=O) groups is 2. The molecule has 7 rings (SSSR count). The van der Waals surface area contributed by atoms with Crippen LogP contribution in [0.4, 0.5) is 11.4 Å². The lowest BCUT2D eigenvalue weighted by Gasteiger charge is -2.21. The van der Waals surface area contributed by atoms with E-state index in [1.54, 1.807) is 57.9 Å². The number of fused-ring (bicyclic) bond motifs is 2. The van der Waals surface area contributed by atoms with Crippen LogP contribution in [0.3, 0.4) is 0 Å². The van der Waals surface area contributed by atoms with Gasteiger partial charge < -0.3 is 21.3 Å². The molecule has 0 spiro atoms. The van der Waals surface area contributed by atoms with Gasteiger partial charge in [0.25, 0.3) is 11.8 Å². The number of carbonyl (C=O) groups excluding carboxylic acids is 2. The summed E-state index contributed by atoms with van der Waals surface area (Å²) in [5.74, 6) is 0.953. The molecule has 0 aromatic carbocycles. The summed E-state index contributed by atoms with van der Waals surface area (Å²) < 4.78 is 3.12. The van der Waals surface area contributed by atoms with Crippen LogP contribution in [-0.2, 0) is 0 Å². The lowest BCUT2D eigenvalue weighted by Crippen LogP contribution is -2.33. The van der Waals surface area contributed by atoms with Crippen LogP contribution >= 0.6 is 22.7 Å². The Morgan fingerprint density at radius 1 is 0.935 bits per heavy atom. The molecule has 1 fully saturated rings. The highest BCUT2D eigenvalue weighted by atomic mass is 32.1. The van der Waals surface area contributed by atoms with Crippen LogP contribution in [0, 0.1) is 0 Å². The fraction of sp³-hybridized carbons (Fsp3) is 0.333. The zero-order valence-electron chi connectivity index (χ0n) is 25.7. The number of nitrogens with two attached hydrogens (primary N) is 2. The third kappa shape index (κ3) is 6.25. The molecule has 2 amide bonds. The molecule has 46 heavy (non-hydrogen) atoms. The van der Waals surface area contributed by atoms with Crippen molar-refractivity contribution >= 4 is 57.2 Å². The van der Waals surface area contributed by atoms with Crippen LogP contribution < -0.4 is 11.5 Å². The van der Waals surface area contributed by atoms with E-state index < -0.39 is 0 Å². The van der Waals surface area contributed by atoms with Gasteiger partial charge in [-0.05, 0) is 38.3 Å². The molecule has 1 aliphatic heterocycles. The highest BCUT2D eigenvalue weighted by Crippen LogP contribution is 2.25. The molecule has 0 radical (unpaired) electrons. The molecular weight excluding hydrogens is 625 g/mol. The molecule has 0 bridgehead atoms. The van der Waals surface area contributed by atoms with E-state index in [1.807, 2.05) is 15.7 Å². The molecule has 0 saturated carbocycles. The first kappa shape index (κ1) is 31.0. The second-order valence-corrected chi connectivity index (χ2v) is 12.8. The predicted molar refractivity (Wildman–Crippen MR) is 179 cm³/mol. The van der Waals surface area contributed by atoms with Crippen LogP contribution in [-0.4, -0.2) is 87.0 Å². The smallest absolute Gasteiger partial charge is 0.255 e. The standard InChI is InChI=1S/C15H16N6OS.C15H18N6OS/c1-9-3-2-5-20(9)15(22)10-7-11(16)13-18-12(19-21(13)8-10)14-17-4-6-23-14;1-3-4-6-20(2)15(22)10-8-11(16)13-18-12(19-21(13)9-10)14-17-5-7-23-14/h4,6-9H,2-3,5,16H2,1H3;5,7-9H,3-4,6,16H2,1-2H3. The van der Waals surface area contributed by atoms with Crippen molar-refractivity contribution in [2.45, 2.75) is 45.6 Å². The number of unbranched alkanes of at least 4 members (excludes halogenated alkanes) is 1. The number of thiazole rings is 2. The summed E-state index contributed by atoms with van der Waals surface area (Å²) in [6, 6.07) is 3.60. The minimum Gasteiger partial charge on any atom is -0.396 e. The number of hydrogen-bond acceptors (Lipinski definition) is 12. The van der Waals surface area contributed by atoms with E-state index in [-0.39, 0.29) is 17.9 Å². The van der Waals surface area contributed by atoms with Gasteiger partial charge in [0.1, 0.15) is 0 Å². The summed E-state index contributed by atoms with van der Waals surface area (Å²) >= 11 is 2.92. The van der Waals surface area contributed by atoms with E-state index in [2.05, 4.69) is 44.0 Å². The van der Waals surface area contributed by atoms with Crippen LogP contribution in [0.5, 0.6) is 0 Å². The fourth-order valence-electron chi connectivity index (χ4n) is 5.22. The number of rotatable bonds is 7. The van der Waals surface area contributed by atoms with Gasteiger partial charge in [-0.25, -0.2) is 29.0 Å².